The molecule has 2 atom stereocenters. The predicted molar refractivity (Wildman–Crippen MR) is 84.2 cm³/mol. The van der Waals surface area contributed by atoms with Crippen LogP contribution in [-0.2, 0) is 25.4 Å². The summed E-state index contributed by atoms with van der Waals surface area (Å²) in [4.78, 5) is 54.7. The van der Waals surface area contributed by atoms with Crippen LogP contribution in [-0.4, -0.2) is 54.8 Å². The van der Waals surface area contributed by atoms with Crippen molar-refractivity contribution in [2.45, 2.75) is 24.9 Å². The van der Waals surface area contributed by atoms with Crippen molar-refractivity contribution in [3.63, 3.8) is 0 Å². The van der Waals surface area contributed by atoms with Crippen LogP contribution < -0.4 is 11.1 Å². The number of carbonyl (C=O) groups is 3. The maximum atomic E-state index is 11.6. The highest BCUT2D eigenvalue weighted by molar-refractivity contribution is 7.45. The Labute approximate surface area is 142 Å². The number of carboxylic acid groups (broad SMARTS) is 2. The van der Waals surface area contributed by atoms with Crippen LogP contribution in [0.2, 0.25) is 0 Å². The molecule has 0 spiro atoms. The Hall–Kier alpha value is -2.30. The normalized spacial score (nSPS) is 13.0. The summed E-state index contributed by atoms with van der Waals surface area (Å²) in [6.45, 7) is 0. The van der Waals surface area contributed by atoms with Gasteiger partial charge in [0.05, 0.1) is 12.5 Å². The fraction of sp³-hybridized carbons (Fsp3) is 0.308. The number of nitrogens with two attached hydrogens (primary N) is 1. The highest BCUT2D eigenvalue weighted by atomic mass is 31.2. The third-order valence-corrected chi connectivity index (χ3v) is 2.63. The van der Waals surface area contributed by atoms with Gasteiger partial charge in [0, 0.05) is 6.42 Å². The Kier molecular flexibility index (Phi) is 9.57. The first kappa shape index (κ1) is 22.7. The van der Waals surface area contributed by atoms with E-state index in [0.717, 1.165) is 5.56 Å². The molecule has 12 heteroatoms. The third-order valence-electron chi connectivity index (χ3n) is 2.63. The monoisotopic (exact) mass is 378 g/mol. The second-order valence-corrected chi connectivity index (χ2v) is 5.83. The van der Waals surface area contributed by atoms with Crippen molar-refractivity contribution in [1.82, 2.24) is 5.32 Å². The van der Waals surface area contributed by atoms with E-state index in [2.05, 4.69) is 5.32 Å². The summed E-state index contributed by atoms with van der Waals surface area (Å²) in [7, 11) is -4.64. The molecule has 0 fully saturated rings. The van der Waals surface area contributed by atoms with Crippen molar-refractivity contribution in [3.8, 4) is 0 Å². The van der Waals surface area contributed by atoms with Gasteiger partial charge >= 0.3 is 19.8 Å². The Bertz CT molecular complexity index is 623. The average Bonchev–Trinajstić information content (AvgIpc) is 2.45. The largest absolute Gasteiger partial charge is 0.481 e. The van der Waals surface area contributed by atoms with Crippen LogP contribution in [0.15, 0.2) is 30.3 Å². The SMILES string of the molecule is N[C@@H](CC(=O)O)C(=O)N[C@@H](Cc1ccccc1)C(=O)O.O=P(O)(O)O. The van der Waals surface area contributed by atoms with Gasteiger partial charge in [-0.25, -0.2) is 9.36 Å². The molecule has 0 saturated carbocycles. The first-order valence-corrected chi connectivity index (χ1v) is 8.29. The molecular formula is C13H19N2O9P. The molecule has 1 aromatic carbocycles. The minimum Gasteiger partial charge on any atom is -0.481 e. The predicted octanol–water partition coefficient (Wildman–Crippen LogP) is -1.33. The third kappa shape index (κ3) is 12.8. The molecule has 140 valence electrons. The van der Waals surface area contributed by atoms with Crippen LogP contribution >= 0.6 is 7.82 Å². The Morgan fingerprint density at radius 3 is 1.96 bits per heavy atom. The number of carbonyl (C=O) groups excluding carboxylic acids is 1. The Morgan fingerprint density at radius 2 is 1.56 bits per heavy atom. The van der Waals surface area contributed by atoms with E-state index in [4.69, 9.17) is 35.2 Å². The number of amides is 1. The summed E-state index contributed by atoms with van der Waals surface area (Å²) >= 11 is 0. The fourth-order valence-corrected chi connectivity index (χ4v) is 1.61. The summed E-state index contributed by atoms with van der Waals surface area (Å²) in [5.74, 6) is -3.22. The van der Waals surface area contributed by atoms with Crippen molar-refractivity contribution < 1.29 is 43.8 Å². The molecule has 25 heavy (non-hydrogen) atoms. The van der Waals surface area contributed by atoms with Crippen molar-refractivity contribution in [2.24, 2.45) is 5.73 Å². The lowest BCUT2D eigenvalue weighted by Crippen LogP contribution is -2.49. The minimum absolute atomic E-state index is 0.0989. The molecule has 0 aromatic heterocycles. The molecular weight excluding hydrogens is 359 g/mol. The van der Waals surface area contributed by atoms with E-state index in [-0.39, 0.29) is 6.42 Å². The summed E-state index contributed by atoms with van der Waals surface area (Å²) in [5, 5.41) is 19.9. The van der Waals surface area contributed by atoms with Gasteiger partial charge in [-0.15, -0.1) is 0 Å². The molecule has 0 aliphatic heterocycles. The van der Waals surface area contributed by atoms with Gasteiger partial charge in [0.25, 0.3) is 0 Å². The fourth-order valence-electron chi connectivity index (χ4n) is 1.61. The van der Waals surface area contributed by atoms with Gasteiger partial charge in [-0.3, -0.25) is 9.59 Å². The van der Waals surface area contributed by atoms with Crippen molar-refractivity contribution in [3.05, 3.63) is 35.9 Å². The summed E-state index contributed by atoms with van der Waals surface area (Å²) < 4.78 is 8.88. The molecule has 0 bridgehead atoms. The zero-order chi connectivity index (χ0) is 19.6. The maximum absolute atomic E-state index is 11.6. The van der Waals surface area contributed by atoms with Gasteiger partial charge in [-0.05, 0) is 5.56 Å². The van der Waals surface area contributed by atoms with Crippen molar-refractivity contribution >= 4 is 25.7 Å². The van der Waals surface area contributed by atoms with E-state index in [9.17, 15) is 14.4 Å². The first-order chi connectivity index (χ1) is 11.4. The maximum Gasteiger partial charge on any atom is 0.466 e. The zero-order valence-corrected chi connectivity index (χ0v) is 13.7. The Morgan fingerprint density at radius 1 is 1.08 bits per heavy atom. The summed E-state index contributed by atoms with van der Waals surface area (Å²) in [6, 6.07) is 6.35. The van der Waals surface area contributed by atoms with Crippen molar-refractivity contribution in [2.75, 3.05) is 0 Å². The van der Waals surface area contributed by atoms with E-state index in [1.54, 1.807) is 30.3 Å². The van der Waals surface area contributed by atoms with Crippen LogP contribution in [0, 0.1) is 0 Å². The molecule has 0 aliphatic carbocycles. The second kappa shape index (κ2) is 10.5. The average molecular weight is 378 g/mol. The number of benzene rings is 1. The molecule has 0 radical (unpaired) electrons. The van der Waals surface area contributed by atoms with Crippen LogP contribution in [0.3, 0.4) is 0 Å². The minimum atomic E-state index is -4.64. The number of phosphoric acid groups is 1. The number of aliphatic carboxylic acids is 2. The highest BCUT2D eigenvalue weighted by Gasteiger charge is 2.24. The molecule has 0 heterocycles. The van der Waals surface area contributed by atoms with Gasteiger partial charge < -0.3 is 35.9 Å². The van der Waals surface area contributed by atoms with E-state index in [0.29, 0.717) is 0 Å². The van der Waals surface area contributed by atoms with E-state index in [1.807, 2.05) is 0 Å². The Balaban J connectivity index is 0.00000101. The lowest BCUT2D eigenvalue weighted by Gasteiger charge is -2.17. The number of carboxylic acids is 2. The van der Waals surface area contributed by atoms with Crippen LogP contribution in [0.4, 0.5) is 0 Å². The smallest absolute Gasteiger partial charge is 0.466 e. The van der Waals surface area contributed by atoms with Crippen molar-refractivity contribution in [1.29, 1.82) is 0 Å². The topological polar surface area (TPSA) is 207 Å². The molecule has 0 aliphatic rings. The standard InChI is InChI=1S/C13H16N2O5.H3O4P/c14-9(7-11(16)17)12(18)15-10(13(19)20)6-8-4-2-1-3-5-8;1-5(2,3)4/h1-5,9-10H,6-7,14H2,(H,15,18)(H,16,17)(H,19,20);(H3,1,2,3,4)/t9-,10-;/m0./s1. The number of nitrogens with one attached hydrogen (secondary N) is 1. The van der Waals surface area contributed by atoms with Gasteiger partial charge in [0.1, 0.15) is 6.04 Å². The molecule has 8 N–H and O–H groups in total. The molecule has 0 saturated heterocycles. The van der Waals surface area contributed by atoms with E-state index < -0.39 is 44.2 Å². The lowest BCUT2D eigenvalue weighted by molar-refractivity contribution is -0.142. The number of hydrogen-bond acceptors (Lipinski definition) is 5. The van der Waals surface area contributed by atoms with Crippen LogP contribution in [0.25, 0.3) is 0 Å². The van der Waals surface area contributed by atoms with E-state index in [1.165, 1.54) is 0 Å². The molecule has 1 amide bonds. The van der Waals surface area contributed by atoms with Gasteiger partial charge in [0.15, 0.2) is 0 Å². The van der Waals surface area contributed by atoms with Crippen LogP contribution in [0.1, 0.15) is 12.0 Å². The van der Waals surface area contributed by atoms with Crippen LogP contribution in [0.5, 0.6) is 0 Å². The number of hydrogen-bond donors (Lipinski definition) is 7. The molecule has 11 nitrogen and oxygen atoms in total. The van der Waals surface area contributed by atoms with E-state index >= 15 is 0 Å². The molecule has 0 unspecified atom stereocenters. The summed E-state index contributed by atoms with van der Waals surface area (Å²) in [6.07, 6.45) is -0.453. The first-order valence-electron chi connectivity index (χ1n) is 6.73. The van der Waals surface area contributed by atoms with Gasteiger partial charge in [-0.2, -0.15) is 0 Å². The number of rotatable bonds is 7. The zero-order valence-electron chi connectivity index (χ0n) is 12.8. The highest BCUT2D eigenvalue weighted by Crippen LogP contribution is 2.25. The van der Waals surface area contributed by atoms with Gasteiger partial charge in [0.2, 0.25) is 5.91 Å². The molecule has 1 aromatic rings. The quantitative estimate of drug-likeness (QED) is 0.278. The van der Waals surface area contributed by atoms with Gasteiger partial charge in [-0.1, -0.05) is 30.3 Å². The lowest BCUT2D eigenvalue weighted by atomic mass is 10.1. The second-order valence-electron chi connectivity index (χ2n) is 4.81. The summed E-state index contributed by atoms with van der Waals surface area (Å²) in [5.41, 5.74) is 6.12. The molecule has 1 rings (SSSR count).